The molecule has 7 nitrogen and oxygen atoms in total. The third kappa shape index (κ3) is 4.67. The van der Waals surface area contributed by atoms with Crippen LogP contribution in [0.25, 0.3) is 5.69 Å². The zero-order valence-electron chi connectivity index (χ0n) is 15.2. The summed E-state index contributed by atoms with van der Waals surface area (Å²) in [7, 11) is 0. The van der Waals surface area contributed by atoms with Gasteiger partial charge in [-0.05, 0) is 54.1 Å². The Labute approximate surface area is 175 Å². The number of nitrogens with one attached hydrogen (secondary N) is 1. The molecule has 0 radical (unpaired) electrons. The van der Waals surface area contributed by atoms with Crippen molar-refractivity contribution in [1.82, 2.24) is 19.7 Å². The van der Waals surface area contributed by atoms with Gasteiger partial charge in [0.2, 0.25) is 0 Å². The second kappa shape index (κ2) is 8.66. The first-order chi connectivity index (χ1) is 14.2. The van der Waals surface area contributed by atoms with Gasteiger partial charge in [-0.15, -0.1) is 0 Å². The molecule has 0 fully saturated rings. The number of benzene rings is 1. The second-order valence-corrected chi connectivity index (χ2v) is 7.01. The van der Waals surface area contributed by atoms with Gasteiger partial charge in [-0.2, -0.15) is 5.10 Å². The van der Waals surface area contributed by atoms with Crippen LogP contribution in [0.15, 0.2) is 84.0 Å². The summed E-state index contributed by atoms with van der Waals surface area (Å²) >= 11 is 3.40. The van der Waals surface area contributed by atoms with Gasteiger partial charge in [0.15, 0.2) is 11.6 Å². The molecule has 1 aromatic carbocycles. The van der Waals surface area contributed by atoms with E-state index in [0.29, 0.717) is 23.7 Å². The van der Waals surface area contributed by atoms with Crippen molar-refractivity contribution < 1.29 is 9.53 Å². The first kappa shape index (κ1) is 18.8. The molecular formula is C21H16BrN5O2. The predicted molar refractivity (Wildman–Crippen MR) is 112 cm³/mol. The molecule has 0 spiro atoms. The molecule has 0 atom stereocenters. The van der Waals surface area contributed by atoms with Crippen LogP contribution in [0, 0.1) is 0 Å². The smallest absolute Gasteiger partial charge is 0.260 e. The van der Waals surface area contributed by atoms with E-state index in [2.05, 4.69) is 36.3 Å². The SMILES string of the molecule is O=C(Nc1ncccc1OCc1ccncc1)c1cnn(-c2ccc(Br)cc2)c1. The molecule has 0 aliphatic carbocycles. The highest BCUT2D eigenvalue weighted by molar-refractivity contribution is 9.10. The van der Waals surface area contributed by atoms with E-state index in [1.165, 1.54) is 6.20 Å². The third-order valence-electron chi connectivity index (χ3n) is 4.08. The van der Waals surface area contributed by atoms with Crippen molar-refractivity contribution in [1.29, 1.82) is 0 Å². The van der Waals surface area contributed by atoms with Crippen molar-refractivity contribution >= 4 is 27.7 Å². The van der Waals surface area contributed by atoms with Crippen LogP contribution in [0.5, 0.6) is 5.75 Å². The summed E-state index contributed by atoms with van der Waals surface area (Å²) in [6.45, 7) is 0.346. The number of rotatable bonds is 6. The number of hydrogen-bond donors (Lipinski definition) is 1. The second-order valence-electron chi connectivity index (χ2n) is 6.10. The van der Waals surface area contributed by atoms with Gasteiger partial charge in [-0.25, -0.2) is 9.67 Å². The van der Waals surface area contributed by atoms with Crippen molar-refractivity contribution in [2.45, 2.75) is 6.61 Å². The van der Waals surface area contributed by atoms with Crippen molar-refractivity contribution in [3.05, 3.63) is 95.1 Å². The quantitative estimate of drug-likeness (QED) is 0.475. The summed E-state index contributed by atoms with van der Waals surface area (Å²) in [6.07, 6.45) is 8.18. The molecular weight excluding hydrogens is 434 g/mol. The molecule has 0 aliphatic heterocycles. The minimum Gasteiger partial charge on any atom is -0.485 e. The monoisotopic (exact) mass is 449 g/mol. The Morgan fingerprint density at radius 3 is 2.66 bits per heavy atom. The first-order valence-corrected chi connectivity index (χ1v) is 9.57. The average Bonchev–Trinajstić information content (AvgIpc) is 3.25. The largest absolute Gasteiger partial charge is 0.485 e. The lowest BCUT2D eigenvalue weighted by Crippen LogP contribution is -2.13. The number of amides is 1. The molecule has 29 heavy (non-hydrogen) atoms. The fourth-order valence-electron chi connectivity index (χ4n) is 2.60. The number of carbonyl (C=O) groups is 1. The van der Waals surface area contributed by atoms with Crippen LogP contribution in [-0.2, 0) is 6.61 Å². The minimum absolute atomic E-state index is 0.319. The normalized spacial score (nSPS) is 10.5. The Morgan fingerprint density at radius 2 is 1.86 bits per heavy atom. The van der Waals surface area contributed by atoms with Crippen molar-refractivity contribution in [2.24, 2.45) is 0 Å². The number of pyridine rings is 2. The summed E-state index contributed by atoms with van der Waals surface area (Å²) < 4.78 is 8.43. The zero-order chi connectivity index (χ0) is 20.1. The maximum absolute atomic E-state index is 12.7. The van der Waals surface area contributed by atoms with E-state index < -0.39 is 0 Å². The van der Waals surface area contributed by atoms with Crippen LogP contribution < -0.4 is 10.1 Å². The number of aromatic nitrogens is 4. The van der Waals surface area contributed by atoms with E-state index in [4.69, 9.17) is 4.74 Å². The molecule has 0 aliphatic rings. The Kier molecular flexibility index (Phi) is 5.62. The van der Waals surface area contributed by atoms with Crippen LogP contribution >= 0.6 is 15.9 Å². The Balaban J connectivity index is 1.47. The first-order valence-electron chi connectivity index (χ1n) is 8.78. The Bertz CT molecular complexity index is 1110. The highest BCUT2D eigenvalue weighted by Gasteiger charge is 2.13. The summed E-state index contributed by atoms with van der Waals surface area (Å²) in [5.74, 6) is 0.515. The van der Waals surface area contributed by atoms with E-state index in [9.17, 15) is 4.79 Å². The van der Waals surface area contributed by atoms with Crippen LogP contribution in [0.2, 0.25) is 0 Å². The number of anilines is 1. The molecule has 0 bridgehead atoms. The van der Waals surface area contributed by atoms with E-state index in [0.717, 1.165) is 15.7 Å². The van der Waals surface area contributed by atoms with E-state index in [-0.39, 0.29) is 5.91 Å². The van der Waals surface area contributed by atoms with E-state index in [1.54, 1.807) is 41.6 Å². The Hall–Kier alpha value is -3.52. The van der Waals surface area contributed by atoms with Gasteiger partial charge in [-0.3, -0.25) is 9.78 Å². The lowest BCUT2D eigenvalue weighted by molar-refractivity contribution is 0.102. The summed E-state index contributed by atoms with van der Waals surface area (Å²) in [6, 6.07) is 14.9. The molecule has 3 heterocycles. The molecule has 4 aromatic rings. The number of ether oxygens (including phenoxy) is 1. The van der Waals surface area contributed by atoms with E-state index in [1.807, 2.05) is 36.4 Å². The fraction of sp³-hybridized carbons (Fsp3) is 0.0476. The van der Waals surface area contributed by atoms with Crippen LogP contribution in [-0.4, -0.2) is 25.7 Å². The van der Waals surface area contributed by atoms with Gasteiger partial charge in [-0.1, -0.05) is 15.9 Å². The summed E-state index contributed by atoms with van der Waals surface area (Å²) in [4.78, 5) is 20.9. The highest BCUT2D eigenvalue weighted by Crippen LogP contribution is 2.23. The van der Waals surface area contributed by atoms with Crippen LogP contribution in [0.1, 0.15) is 15.9 Å². The Morgan fingerprint density at radius 1 is 1.07 bits per heavy atom. The molecule has 0 saturated heterocycles. The van der Waals surface area contributed by atoms with Crippen LogP contribution in [0.3, 0.4) is 0 Å². The maximum atomic E-state index is 12.7. The standard InChI is InChI=1S/C21H16BrN5O2/c22-17-3-5-18(6-4-17)27-13-16(12-25-27)21(28)26-20-19(2-1-9-24-20)29-14-15-7-10-23-11-8-15/h1-13H,14H2,(H,24,26,28). The highest BCUT2D eigenvalue weighted by atomic mass is 79.9. The van der Waals surface area contributed by atoms with Gasteiger partial charge < -0.3 is 10.1 Å². The van der Waals surface area contributed by atoms with Gasteiger partial charge in [0.05, 0.1) is 17.4 Å². The fourth-order valence-corrected chi connectivity index (χ4v) is 2.86. The maximum Gasteiger partial charge on any atom is 0.260 e. The topological polar surface area (TPSA) is 81.9 Å². The molecule has 1 amide bonds. The minimum atomic E-state index is -0.319. The molecule has 144 valence electrons. The predicted octanol–water partition coefficient (Wildman–Crippen LogP) is 4.26. The number of nitrogens with zero attached hydrogens (tertiary/aromatic N) is 4. The van der Waals surface area contributed by atoms with Crippen molar-refractivity contribution in [2.75, 3.05) is 5.32 Å². The number of halogens is 1. The van der Waals surface area contributed by atoms with Gasteiger partial charge in [0, 0.05) is 29.3 Å². The number of hydrogen-bond acceptors (Lipinski definition) is 5. The van der Waals surface area contributed by atoms with Gasteiger partial charge in [0.25, 0.3) is 5.91 Å². The van der Waals surface area contributed by atoms with Crippen LogP contribution in [0.4, 0.5) is 5.82 Å². The lowest BCUT2D eigenvalue weighted by Gasteiger charge is -2.11. The summed E-state index contributed by atoms with van der Waals surface area (Å²) in [5.41, 5.74) is 2.24. The van der Waals surface area contributed by atoms with Crippen molar-refractivity contribution in [3.63, 3.8) is 0 Å². The van der Waals surface area contributed by atoms with Gasteiger partial charge >= 0.3 is 0 Å². The van der Waals surface area contributed by atoms with E-state index >= 15 is 0 Å². The lowest BCUT2D eigenvalue weighted by atomic mass is 10.3. The van der Waals surface area contributed by atoms with Crippen molar-refractivity contribution in [3.8, 4) is 11.4 Å². The zero-order valence-corrected chi connectivity index (χ0v) is 16.8. The molecule has 0 saturated carbocycles. The molecule has 1 N–H and O–H groups in total. The third-order valence-corrected chi connectivity index (χ3v) is 4.61. The molecule has 8 heteroatoms. The average molecular weight is 450 g/mol. The molecule has 3 aromatic heterocycles. The molecule has 4 rings (SSSR count). The van der Waals surface area contributed by atoms with Gasteiger partial charge in [0.1, 0.15) is 6.61 Å². The number of carbonyl (C=O) groups excluding carboxylic acids is 1. The molecule has 0 unspecified atom stereocenters. The summed E-state index contributed by atoms with van der Waals surface area (Å²) in [5, 5.41) is 7.05.